The number of piperidine rings is 1. The van der Waals surface area contributed by atoms with Crippen LogP contribution >= 0.6 is 0 Å². The third-order valence-electron chi connectivity index (χ3n) is 7.93. The number of rotatable bonds is 6. The molecule has 0 radical (unpaired) electrons. The second-order valence-electron chi connectivity index (χ2n) is 10.6. The van der Waals surface area contributed by atoms with Crippen LogP contribution in [0.25, 0.3) is 5.57 Å². The molecule has 2 heterocycles. The molecule has 0 spiro atoms. The summed E-state index contributed by atoms with van der Waals surface area (Å²) in [4.78, 5) is 28.5. The van der Waals surface area contributed by atoms with Crippen LogP contribution in [0, 0.1) is 0 Å². The average molecular weight is 507 g/mol. The van der Waals surface area contributed by atoms with Crippen LogP contribution in [-0.2, 0) is 17.8 Å². The lowest BCUT2D eigenvalue weighted by atomic mass is 9.87. The minimum atomic E-state index is -0.173. The Morgan fingerprint density at radius 1 is 0.974 bits per heavy atom. The zero-order valence-corrected chi connectivity index (χ0v) is 21.6. The average Bonchev–Trinajstić information content (AvgIpc) is 3.27. The van der Waals surface area contributed by atoms with E-state index < -0.39 is 0 Å². The van der Waals surface area contributed by atoms with E-state index in [1.165, 1.54) is 49.0 Å². The van der Waals surface area contributed by atoms with Crippen molar-refractivity contribution < 1.29 is 9.59 Å². The Morgan fingerprint density at radius 2 is 1.79 bits per heavy atom. The lowest BCUT2D eigenvalue weighted by molar-refractivity contribution is -0.110. The number of hydrogen-bond acceptors (Lipinski definition) is 4. The number of likely N-dealkylation sites (tertiary alicyclic amines) is 1. The van der Waals surface area contributed by atoms with Crippen LogP contribution in [-0.4, -0.2) is 29.8 Å². The number of carbonyl (C=O) groups is 2. The first-order valence-electron chi connectivity index (χ1n) is 13.8. The topological polar surface area (TPSA) is 73.5 Å². The largest absolute Gasteiger partial charge is 0.361 e. The zero-order chi connectivity index (χ0) is 25.9. The quantitative estimate of drug-likeness (QED) is 0.365. The fraction of sp³-hybridized carbons (Fsp3) is 0.312. The number of aryl methyl sites for hydroxylation is 1. The summed E-state index contributed by atoms with van der Waals surface area (Å²) in [5.41, 5.74) is 7.27. The molecule has 6 heteroatoms. The van der Waals surface area contributed by atoms with Crippen molar-refractivity contribution in [2.75, 3.05) is 23.7 Å². The lowest BCUT2D eigenvalue weighted by Gasteiger charge is -2.26. The second kappa shape index (κ2) is 10.8. The maximum absolute atomic E-state index is 13.2. The van der Waals surface area contributed by atoms with Gasteiger partial charge in [0.25, 0.3) is 11.8 Å². The van der Waals surface area contributed by atoms with Gasteiger partial charge in [0.05, 0.1) is 11.6 Å². The van der Waals surface area contributed by atoms with Crippen LogP contribution in [0.15, 0.2) is 72.9 Å². The number of nitrogens with one attached hydrogen (secondary N) is 3. The first kappa shape index (κ1) is 24.4. The monoisotopic (exact) mass is 506 g/mol. The molecule has 38 heavy (non-hydrogen) atoms. The molecule has 3 aromatic carbocycles. The molecular formula is C32H34N4O2. The number of carbonyl (C=O) groups excluding carboxylic acids is 2. The van der Waals surface area contributed by atoms with Crippen LogP contribution in [0.5, 0.6) is 0 Å². The molecule has 194 valence electrons. The van der Waals surface area contributed by atoms with Crippen LogP contribution in [0.3, 0.4) is 0 Å². The van der Waals surface area contributed by atoms with Crippen molar-refractivity contribution in [1.82, 2.24) is 10.2 Å². The normalized spacial score (nSPS) is 19.9. The molecule has 0 saturated carbocycles. The molecule has 0 bridgehead atoms. The van der Waals surface area contributed by atoms with Gasteiger partial charge in [-0.15, -0.1) is 0 Å². The number of fused-ring (bicyclic) bond motifs is 2. The Kier molecular flexibility index (Phi) is 6.97. The van der Waals surface area contributed by atoms with Gasteiger partial charge in [0, 0.05) is 35.2 Å². The summed E-state index contributed by atoms with van der Waals surface area (Å²) >= 11 is 0. The zero-order valence-electron chi connectivity index (χ0n) is 21.6. The lowest BCUT2D eigenvalue weighted by Crippen LogP contribution is -2.31. The number of hydrogen-bond donors (Lipinski definition) is 3. The summed E-state index contributed by atoms with van der Waals surface area (Å²) in [5.74, 6) is -0.293. The van der Waals surface area contributed by atoms with E-state index in [-0.39, 0.29) is 17.9 Å². The molecular weight excluding hydrogens is 472 g/mol. The van der Waals surface area contributed by atoms with Crippen LogP contribution in [0.1, 0.15) is 70.8 Å². The summed E-state index contributed by atoms with van der Waals surface area (Å²) < 4.78 is 0. The molecule has 2 aliphatic heterocycles. The minimum absolute atomic E-state index is 0.00928. The third kappa shape index (κ3) is 5.22. The molecule has 2 amide bonds. The van der Waals surface area contributed by atoms with Gasteiger partial charge in [-0.05, 0) is 92.2 Å². The number of anilines is 2. The van der Waals surface area contributed by atoms with E-state index in [1.807, 2.05) is 18.2 Å². The Morgan fingerprint density at radius 3 is 2.63 bits per heavy atom. The van der Waals surface area contributed by atoms with Gasteiger partial charge in [0.1, 0.15) is 0 Å². The third-order valence-corrected chi connectivity index (χ3v) is 7.93. The van der Waals surface area contributed by atoms with Crippen molar-refractivity contribution >= 4 is 28.8 Å². The molecule has 1 fully saturated rings. The fourth-order valence-corrected chi connectivity index (χ4v) is 5.86. The van der Waals surface area contributed by atoms with E-state index in [0.29, 0.717) is 11.1 Å². The Hall–Kier alpha value is -3.90. The van der Waals surface area contributed by atoms with Gasteiger partial charge in [-0.2, -0.15) is 0 Å². The van der Waals surface area contributed by atoms with E-state index in [4.69, 9.17) is 0 Å². The number of nitrogens with zero attached hydrogens (tertiary/aromatic N) is 1. The summed E-state index contributed by atoms with van der Waals surface area (Å²) in [6.45, 7) is 3.33. The van der Waals surface area contributed by atoms with Crippen molar-refractivity contribution in [2.45, 2.75) is 51.1 Å². The van der Waals surface area contributed by atoms with Crippen molar-refractivity contribution in [3.63, 3.8) is 0 Å². The number of benzene rings is 3. The highest BCUT2D eigenvalue weighted by Gasteiger charge is 2.27. The molecule has 0 unspecified atom stereocenters. The van der Waals surface area contributed by atoms with Crippen molar-refractivity contribution in [3.8, 4) is 0 Å². The highest BCUT2D eigenvalue weighted by atomic mass is 16.2. The molecule has 1 saturated heterocycles. The molecule has 6 rings (SSSR count). The molecule has 1 aliphatic carbocycles. The standard InChI is InChI=1S/C32H34N4O2/c37-31(34-29-10-6-8-23-7-2-3-9-26(23)29)24-13-16-30-27(19-24)28(32(38)35-30)20-33-25-14-11-22(12-15-25)21-36-17-4-1-5-18-36/h2-3,7,9,11-16,19-20,29,33H,1,4-6,8,10,17-18,21H2,(H,34,37)(H,35,38)/b28-20-/t29-/m0/s1. The Bertz CT molecular complexity index is 1370. The Labute approximate surface area is 224 Å². The smallest absolute Gasteiger partial charge is 0.257 e. The summed E-state index contributed by atoms with van der Waals surface area (Å²) in [6, 6.07) is 22.1. The van der Waals surface area contributed by atoms with Gasteiger partial charge in [-0.3, -0.25) is 14.5 Å². The van der Waals surface area contributed by atoms with Gasteiger partial charge in [0.15, 0.2) is 0 Å². The minimum Gasteiger partial charge on any atom is -0.361 e. The summed E-state index contributed by atoms with van der Waals surface area (Å²) in [5, 5.41) is 9.41. The molecule has 3 aromatic rings. The maximum Gasteiger partial charge on any atom is 0.257 e. The van der Waals surface area contributed by atoms with Gasteiger partial charge in [-0.1, -0.05) is 42.8 Å². The van der Waals surface area contributed by atoms with Crippen molar-refractivity contribution in [1.29, 1.82) is 0 Å². The van der Waals surface area contributed by atoms with Crippen molar-refractivity contribution in [3.05, 3.63) is 101 Å². The second-order valence-corrected chi connectivity index (χ2v) is 10.6. The van der Waals surface area contributed by atoms with Gasteiger partial charge < -0.3 is 16.0 Å². The molecule has 6 nitrogen and oxygen atoms in total. The van der Waals surface area contributed by atoms with E-state index in [0.717, 1.165) is 42.7 Å². The molecule has 3 aliphatic rings. The number of amides is 2. The predicted molar refractivity (Wildman–Crippen MR) is 152 cm³/mol. The van der Waals surface area contributed by atoms with Crippen LogP contribution in [0.2, 0.25) is 0 Å². The molecule has 1 atom stereocenters. The van der Waals surface area contributed by atoms with E-state index in [1.54, 1.807) is 12.3 Å². The molecule has 3 N–H and O–H groups in total. The van der Waals surface area contributed by atoms with E-state index in [9.17, 15) is 9.59 Å². The first-order valence-corrected chi connectivity index (χ1v) is 13.8. The van der Waals surface area contributed by atoms with Crippen molar-refractivity contribution in [2.24, 2.45) is 0 Å². The molecule has 0 aromatic heterocycles. The van der Waals surface area contributed by atoms with Gasteiger partial charge in [0.2, 0.25) is 0 Å². The van der Waals surface area contributed by atoms with E-state index in [2.05, 4.69) is 63.3 Å². The SMILES string of the molecule is O=C1Nc2ccc(C(=O)N[C@H]3CCCc4ccccc43)cc2/C1=C/Nc1ccc(CN2CCCCC2)cc1. The van der Waals surface area contributed by atoms with Gasteiger partial charge >= 0.3 is 0 Å². The maximum atomic E-state index is 13.2. The Balaban J connectivity index is 1.15. The van der Waals surface area contributed by atoms with E-state index >= 15 is 0 Å². The fourth-order valence-electron chi connectivity index (χ4n) is 5.86. The first-order chi connectivity index (χ1) is 18.6. The van der Waals surface area contributed by atoms with Crippen LogP contribution in [0.4, 0.5) is 11.4 Å². The van der Waals surface area contributed by atoms with Crippen LogP contribution < -0.4 is 16.0 Å². The predicted octanol–water partition coefficient (Wildman–Crippen LogP) is 5.89. The summed E-state index contributed by atoms with van der Waals surface area (Å²) in [6.07, 6.45) is 8.69. The summed E-state index contributed by atoms with van der Waals surface area (Å²) in [7, 11) is 0. The highest BCUT2D eigenvalue weighted by Crippen LogP contribution is 2.34. The highest BCUT2D eigenvalue weighted by molar-refractivity contribution is 6.32. The van der Waals surface area contributed by atoms with Gasteiger partial charge in [-0.25, -0.2) is 0 Å².